The van der Waals surface area contributed by atoms with E-state index in [2.05, 4.69) is 29.8 Å². The monoisotopic (exact) mass is 481 g/mol. The van der Waals surface area contributed by atoms with Crippen molar-refractivity contribution in [3.63, 3.8) is 0 Å². The van der Waals surface area contributed by atoms with Gasteiger partial charge >= 0.3 is 0 Å². The van der Waals surface area contributed by atoms with Crippen molar-refractivity contribution in [1.29, 1.82) is 0 Å². The fourth-order valence-corrected chi connectivity index (χ4v) is 7.37. The lowest BCUT2D eigenvalue weighted by Gasteiger charge is -2.49. The van der Waals surface area contributed by atoms with E-state index in [-0.39, 0.29) is 11.8 Å². The summed E-state index contributed by atoms with van der Waals surface area (Å²) in [4.78, 5) is 8.54. The smallest absolute Gasteiger partial charge is 0.243 e. The first kappa shape index (κ1) is 22.0. The van der Waals surface area contributed by atoms with Crippen molar-refractivity contribution in [1.82, 2.24) is 9.29 Å². The molecule has 5 nitrogen and oxygen atoms in total. The highest BCUT2D eigenvalue weighted by Gasteiger charge is 2.54. The highest BCUT2D eigenvalue weighted by atomic mass is 32.2. The molecule has 3 aromatic carbocycles. The molecule has 2 aliphatic heterocycles. The largest absolute Gasteiger partial charge is 0.361 e. The van der Waals surface area contributed by atoms with E-state index >= 15 is 0 Å². The fourth-order valence-electron chi connectivity index (χ4n) is 5.89. The second-order valence-corrected chi connectivity index (χ2v) is 11.5. The summed E-state index contributed by atoms with van der Waals surface area (Å²) in [7, 11) is -3.69. The lowest BCUT2D eigenvalue weighted by molar-refractivity contribution is 0.206. The van der Waals surface area contributed by atoms with Crippen molar-refractivity contribution < 1.29 is 8.42 Å². The Hall–Kier alpha value is -3.48. The average molecular weight is 482 g/mol. The molecule has 0 saturated carbocycles. The average Bonchev–Trinajstić information content (AvgIpc) is 3.47. The summed E-state index contributed by atoms with van der Waals surface area (Å²) in [6.07, 6.45) is 5.99. The molecule has 1 saturated heterocycles. The number of hydrogen-bond donors (Lipinski definition) is 1. The van der Waals surface area contributed by atoms with Crippen LogP contribution < -0.4 is 0 Å². The Kier molecular flexibility index (Phi) is 5.06. The number of rotatable bonds is 4. The van der Waals surface area contributed by atoms with Gasteiger partial charge in [0.2, 0.25) is 10.0 Å². The van der Waals surface area contributed by atoms with E-state index in [1.807, 2.05) is 67.9 Å². The van der Waals surface area contributed by atoms with Gasteiger partial charge in [0.15, 0.2) is 0 Å². The van der Waals surface area contributed by atoms with Gasteiger partial charge in [-0.15, -0.1) is 6.58 Å². The third-order valence-electron chi connectivity index (χ3n) is 7.70. The van der Waals surface area contributed by atoms with Crippen LogP contribution in [-0.4, -0.2) is 37.0 Å². The SMILES string of the molecule is C=C[C@@H]1CN(S(=O)(=O)c2ccc(C)cc2)C[C@H](c2c[nH]c3ccccc23)[C@]12C=Nc1ccccc12. The van der Waals surface area contributed by atoms with Crippen LogP contribution in [0.1, 0.15) is 22.6 Å². The number of benzene rings is 3. The Labute approximate surface area is 205 Å². The molecule has 0 amide bonds. The Balaban J connectivity index is 1.55. The first-order valence-electron chi connectivity index (χ1n) is 11.9. The summed E-state index contributed by atoms with van der Waals surface area (Å²) in [6.45, 7) is 6.82. The van der Waals surface area contributed by atoms with E-state index in [1.54, 1.807) is 16.4 Å². The van der Waals surface area contributed by atoms with Crippen molar-refractivity contribution in [2.45, 2.75) is 23.2 Å². The highest BCUT2D eigenvalue weighted by molar-refractivity contribution is 7.89. The highest BCUT2D eigenvalue weighted by Crippen LogP contribution is 2.54. The summed E-state index contributed by atoms with van der Waals surface area (Å²) < 4.78 is 29.3. The van der Waals surface area contributed by atoms with E-state index in [1.165, 1.54) is 0 Å². The number of H-pyrrole nitrogens is 1. The van der Waals surface area contributed by atoms with Crippen LogP contribution in [0.2, 0.25) is 0 Å². The van der Waals surface area contributed by atoms with Gasteiger partial charge in [-0.05, 0) is 42.3 Å². The number of aromatic nitrogens is 1. The number of sulfonamides is 1. The van der Waals surface area contributed by atoms with Crippen LogP contribution in [0.3, 0.4) is 0 Å². The van der Waals surface area contributed by atoms with Gasteiger partial charge < -0.3 is 4.98 Å². The number of aliphatic imine (C=N–C) groups is 1. The summed E-state index contributed by atoms with van der Waals surface area (Å²) >= 11 is 0. The van der Waals surface area contributed by atoms with Crippen molar-refractivity contribution in [3.8, 4) is 0 Å². The van der Waals surface area contributed by atoms with Crippen LogP contribution >= 0.6 is 0 Å². The van der Waals surface area contributed by atoms with E-state index in [4.69, 9.17) is 4.99 Å². The minimum Gasteiger partial charge on any atom is -0.361 e. The zero-order valence-electron chi connectivity index (χ0n) is 19.6. The maximum absolute atomic E-state index is 13.8. The topological polar surface area (TPSA) is 65.5 Å². The van der Waals surface area contributed by atoms with E-state index in [0.717, 1.165) is 33.3 Å². The molecule has 176 valence electrons. The van der Waals surface area contributed by atoms with Gasteiger partial charge in [0, 0.05) is 53.7 Å². The Bertz CT molecular complexity index is 1570. The zero-order valence-corrected chi connectivity index (χ0v) is 20.4. The van der Waals surface area contributed by atoms with E-state index in [9.17, 15) is 8.42 Å². The van der Waals surface area contributed by atoms with Gasteiger partial charge in [-0.1, -0.05) is 60.2 Å². The number of nitrogens with one attached hydrogen (secondary N) is 1. The summed E-state index contributed by atoms with van der Waals surface area (Å²) in [5.41, 5.74) is 4.75. The lowest BCUT2D eigenvalue weighted by atomic mass is 9.60. The lowest BCUT2D eigenvalue weighted by Crippen LogP contribution is -2.55. The molecule has 0 aliphatic carbocycles. The summed E-state index contributed by atoms with van der Waals surface area (Å²) in [6, 6.07) is 23.5. The standard InChI is InChI=1S/C29H27N3O2S/c1-3-21-17-32(35(33,34)22-14-12-20(2)13-15-22)18-26(24-16-30-27-10-6-4-8-23(24)27)29(21)19-31-28-11-7-5-9-25(28)29/h3-16,19,21,26,30H,1,17-18H2,2H3/t21-,26-,29-/m1/s1. The van der Waals surface area contributed by atoms with Crippen LogP contribution in [-0.2, 0) is 15.4 Å². The molecule has 1 aromatic heterocycles. The summed E-state index contributed by atoms with van der Waals surface area (Å²) in [5, 5.41) is 1.10. The minimum atomic E-state index is -3.69. The van der Waals surface area contributed by atoms with Crippen molar-refractivity contribution in [3.05, 3.63) is 108 Å². The quantitative estimate of drug-likeness (QED) is 0.379. The molecule has 2 aliphatic rings. The maximum atomic E-state index is 13.8. The van der Waals surface area contributed by atoms with Crippen LogP contribution in [0, 0.1) is 12.8 Å². The molecule has 35 heavy (non-hydrogen) atoms. The number of aromatic amines is 1. The molecule has 4 aromatic rings. The van der Waals surface area contributed by atoms with Gasteiger partial charge in [-0.2, -0.15) is 4.31 Å². The number of hydrogen-bond acceptors (Lipinski definition) is 3. The molecular formula is C29H27N3O2S. The van der Waals surface area contributed by atoms with Gasteiger partial charge in [0.25, 0.3) is 0 Å². The third-order valence-corrected chi connectivity index (χ3v) is 9.55. The van der Waals surface area contributed by atoms with E-state index in [0.29, 0.717) is 18.0 Å². The second-order valence-electron chi connectivity index (χ2n) is 9.53. The van der Waals surface area contributed by atoms with Crippen molar-refractivity contribution in [2.75, 3.05) is 13.1 Å². The molecule has 6 rings (SSSR count). The molecule has 1 spiro atoms. The number of nitrogens with zero attached hydrogens (tertiary/aromatic N) is 2. The van der Waals surface area contributed by atoms with E-state index < -0.39 is 15.4 Å². The predicted molar refractivity (Wildman–Crippen MR) is 141 cm³/mol. The Morgan fingerprint density at radius 1 is 1.03 bits per heavy atom. The second kappa shape index (κ2) is 8.04. The molecular weight excluding hydrogens is 454 g/mol. The van der Waals surface area contributed by atoms with Crippen LogP contribution in [0.25, 0.3) is 10.9 Å². The number of piperidine rings is 1. The van der Waals surface area contributed by atoms with Gasteiger partial charge in [0.05, 0.1) is 10.6 Å². The van der Waals surface area contributed by atoms with Crippen molar-refractivity contribution >= 4 is 32.8 Å². The molecule has 3 heterocycles. The molecule has 0 radical (unpaired) electrons. The molecule has 1 N–H and O–H groups in total. The predicted octanol–water partition coefficient (Wildman–Crippen LogP) is 5.72. The Morgan fingerprint density at radius 3 is 2.57 bits per heavy atom. The van der Waals surface area contributed by atoms with Crippen LogP contribution in [0.4, 0.5) is 5.69 Å². The molecule has 0 bridgehead atoms. The van der Waals surface area contributed by atoms with Gasteiger partial charge in [-0.3, -0.25) is 4.99 Å². The number of aryl methyl sites for hydroxylation is 1. The number of para-hydroxylation sites is 2. The molecule has 1 fully saturated rings. The van der Waals surface area contributed by atoms with Crippen LogP contribution in [0.5, 0.6) is 0 Å². The fraction of sp³-hybridized carbons (Fsp3) is 0.207. The third kappa shape index (κ3) is 3.24. The van der Waals surface area contributed by atoms with Crippen molar-refractivity contribution in [2.24, 2.45) is 10.9 Å². The molecule has 6 heteroatoms. The molecule has 3 atom stereocenters. The maximum Gasteiger partial charge on any atom is 0.243 e. The minimum absolute atomic E-state index is 0.150. The first-order valence-corrected chi connectivity index (χ1v) is 13.3. The molecule has 0 unspecified atom stereocenters. The summed E-state index contributed by atoms with van der Waals surface area (Å²) in [5.74, 6) is -0.300. The first-order chi connectivity index (χ1) is 16.9. The Morgan fingerprint density at radius 2 is 1.77 bits per heavy atom. The van der Waals surface area contributed by atoms with Gasteiger partial charge in [-0.25, -0.2) is 8.42 Å². The van der Waals surface area contributed by atoms with Crippen LogP contribution in [0.15, 0.2) is 102 Å². The zero-order chi connectivity index (χ0) is 24.2. The number of fused-ring (bicyclic) bond motifs is 3. The normalized spacial score (nSPS) is 24.1. The van der Waals surface area contributed by atoms with Gasteiger partial charge in [0.1, 0.15) is 0 Å².